The molecule has 8 nitrogen and oxygen atoms in total. The van der Waals surface area contributed by atoms with Crippen molar-refractivity contribution in [3.63, 3.8) is 0 Å². The first-order valence-corrected chi connectivity index (χ1v) is 12.7. The van der Waals surface area contributed by atoms with Crippen LogP contribution in [0.4, 0.5) is 46.4 Å². The molecule has 12 heteroatoms. The van der Waals surface area contributed by atoms with E-state index >= 15 is 0 Å². The van der Waals surface area contributed by atoms with Gasteiger partial charge in [0.2, 0.25) is 11.9 Å². The first kappa shape index (κ1) is 28.8. The van der Waals surface area contributed by atoms with Crippen molar-refractivity contribution in [1.82, 2.24) is 14.9 Å². The molecule has 1 fully saturated rings. The van der Waals surface area contributed by atoms with E-state index < -0.39 is 23.5 Å². The Kier molecular flexibility index (Phi) is 9.20. The predicted molar refractivity (Wildman–Crippen MR) is 146 cm³/mol. The highest BCUT2D eigenvalue weighted by Gasteiger charge is 2.35. The summed E-state index contributed by atoms with van der Waals surface area (Å²) >= 11 is 0. The van der Waals surface area contributed by atoms with Crippen LogP contribution in [-0.4, -0.2) is 54.2 Å². The second-order valence-electron chi connectivity index (χ2n) is 9.24. The van der Waals surface area contributed by atoms with Crippen molar-refractivity contribution in [2.75, 3.05) is 49.4 Å². The number of alkyl halides is 4. The molecule has 3 N–H and O–H groups in total. The number of hydrogen-bond acceptors (Lipinski definition) is 7. The molecule has 0 aliphatic carbocycles. The van der Waals surface area contributed by atoms with E-state index in [-0.39, 0.29) is 18.3 Å². The number of nitrogens with zero attached hydrogens (tertiary/aromatic N) is 3. The Labute approximate surface area is 229 Å². The fraction of sp³-hybridized carbons (Fsp3) is 0.321. The van der Waals surface area contributed by atoms with Crippen LogP contribution in [-0.2, 0) is 11.0 Å². The second kappa shape index (κ2) is 12.8. The summed E-state index contributed by atoms with van der Waals surface area (Å²) in [5.74, 6) is -0.204. The lowest BCUT2D eigenvalue weighted by Gasteiger charge is -2.31. The topological polar surface area (TPSA) is 91.4 Å². The van der Waals surface area contributed by atoms with Gasteiger partial charge in [0.1, 0.15) is 23.8 Å². The molecule has 1 saturated heterocycles. The third-order valence-electron chi connectivity index (χ3n) is 6.60. The number of anilines is 5. The van der Waals surface area contributed by atoms with Crippen LogP contribution in [0.3, 0.4) is 0 Å². The number of carbonyl (C=O) groups excluding carboxylic acids is 1. The van der Waals surface area contributed by atoms with Crippen LogP contribution in [0.15, 0.2) is 61.3 Å². The summed E-state index contributed by atoms with van der Waals surface area (Å²) in [4.78, 5) is 21.7. The zero-order valence-corrected chi connectivity index (χ0v) is 21.9. The zero-order valence-electron chi connectivity index (χ0n) is 21.9. The van der Waals surface area contributed by atoms with Crippen LogP contribution in [0.25, 0.3) is 0 Å². The van der Waals surface area contributed by atoms with E-state index in [1.54, 1.807) is 24.3 Å². The highest BCUT2D eigenvalue weighted by atomic mass is 19.4. The summed E-state index contributed by atoms with van der Waals surface area (Å²) in [6.07, 6.45) is -1.14. The number of hydrogen-bond donors (Lipinski definition) is 3. The number of piperidine rings is 1. The molecular weight excluding hydrogens is 528 g/mol. The number of methoxy groups -OCH3 is 1. The molecule has 0 bridgehead atoms. The number of likely N-dealkylation sites (tertiary alicyclic amines) is 1. The lowest BCUT2D eigenvalue weighted by molar-refractivity contribution is -0.137. The van der Waals surface area contributed by atoms with Gasteiger partial charge in [-0.2, -0.15) is 18.2 Å². The van der Waals surface area contributed by atoms with Crippen molar-refractivity contribution < 1.29 is 27.1 Å². The van der Waals surface area contributed by atoms with E-state index in [9.17, 15) is 22.4 Å². The van der Waals surface area contributed by atoms with Crippen molar-refractivity contribution in [1.29, 1.82) is 0 Å². The molecule has 2 aromatic carbocycles. The van der Waals surface area contributed by atoms with E-state index in [4.69, 9.17) is 4.74 Å². The maximum atomic E-state index is 13.8. The lowest BCUT2D eigenvalue weighted by atomic mass is 9.89. The Balaban J connectivity index is 1.56. The zero-order chi connectivity index (χ0) is 28.7. The second-order valence-corrected chi connectivity index (χ2v) is 9.24. The van der Waals surface area contributed by atoms with Gasteiger partial charge in [0.25, 0.3) is 0 Å². The number of halogens is 4. The maximum Gasteiger partial charge on any atom is 0.421 e. The summed E-state index contributed by atoms with van der Waals surface area (Å²) in [5.41, 5.74) is 1.15. The van der Waals surface area contributed by atoms with Gasteiger partial charge in [-0.3, -0.25) is 4.79 Å². The fourth-order valence-corrected chi connectivity index (χ4v) is 4.54. The SMILES string of the molecule is C=CC(=O)Nc1cccc(Nc2nc(Nc3ccc(C4CCN(CCF)CC4)cc3OC)ncc2C(F)(F)F)c1. The standard InChI is InChI=1S/C28H30F4N6O2/c1-3-25(39)34-20-5-4-6-21(16-20)35-26-22(28(30,31)32)17-33-27(37-26)36-23-8-7-19(15-24(23)40-2)18-9-12-38(13-10-18)14-11-29/h3-8,15-18H,1,9-14H2,2H3,(H,34,39)(H2,33,35,36,37). The summed E-state index contributed by atoms with van der Waals surface area (Å²) in [6, 6.07) is 11.8. The molecule has 4 rings (SSSR count). The summed E-state index contributed by atoms with van der Waals surface area (Å²) in [5, 5.41) is 8.20. The number of benzene rings is 2. The first-order valence-electron chi connectivity index (χ1n) is 12.7. The van der Waals surface area contributed by atoms with Crippen molar-refractivity contribution >= 4 is 34.7 Å². The quantitative estimate of drug-likeness (QED) is 0.200. The molecule has 1 aromatic heterocycles. The van der Waals surface area contributed by atoms with E-state index in [1.807, 2.05) is 12.1 Å². The summed E-state index contributed by atoms with van der Waals surface area (Å²) in [6.45, 7) is 5.10. The van der Waals surface area contributed by atoms with Crippen LogP contribution >= 0.6 is 0 Å². The van der Waals surface area contributed by atoms with Crippen molar-refractivity contribution in [2.24, 2.45) is 0 Å². The molecule has 0 saturated carbocycles. The fourth-order valence-electron chi connectivity index (χ4n) is 4.54. The third-order valence-corrected chi connectivity index (χ3v) is 6.60. The predicted octanol–water partition coefficient (Wildman–Crippen LogP) is 6.26. The molecule has 212 valence electrons. The Morgan fingerprint density at radius 1 is 1.15 bits per heavy atom. The average Bonchev–Trinajstić information content (AvgIpc) is 2.93. The van der Waals surface area contributed by atoms with Gasteiger partial charge in [-0.05, 0) is 73.8 Å². The van der Waals surface area contributed by atoms with Crippen LogP contribution in [0.1, 0.15) is 29.9 Å². The number of rotatable bonds is 10. The minimum atomic E-state index is -4.71. The largest absolute Gasteiger partial charge is 0.495 e. The molecule has 0 unspecified atom stereocenters. The van der Waals surface area contributed by atoms with Gasteiger partial charge in [-0.25, -0.2) is 9.37 Å². The van der Waals surface area contributed by atoms with Crippen LogP contribution in [0, 0.1) is 0 Å². The molecule has 2 heterocycles. The van der Waals surface area contributed by atoms with E-state index in [0.717, 1.165) is 37.6 Å². The minimum absolute atomic E-state index is 0.0720. The van der Waals surface area contributed by atoms with E-state index in [0.29, 0.717) is 35.8 Å². The summed E-state index contributed by atoms with van der Waals surface area (Å²) in [7, 11) is 1.51. The Bertz CT molecular complexity index is 1340. The minimum Gasteiger partial charge on any atom is -0.495 e. The molecule has 3 aromatic rings. The number of nitrogens with one attached hydrogen (secondary N) is 3. The van der Waals surface area contributed by atoms with Crippen LogP contribution < -0.4 is 20.7 Å². The summed E-state index contributed by atoms with van der Waals surface area (Å²) < 4.78 is 59.5. The lowest BCUT2D eigenvalue weighted by Crippen LogP contribution is -2.34. The van der Waals surface area contributed by atoms with Gasteiger partial charge in [-0.1, -0.05) is 18.7 Å². The van der Waals surface area contributed by atoms with Crippen molar-refractivity contribution in [3.05, 3.63) is 72.4 Å². The highest BCUT2D eigenvalue weighted by molar-refractivity contribution is 5.99. The number of aromatic nitrogens is 2. The van der Waals surface area contributed by atoms with Crippen LogP contribution in [0.5, 0.6) is 5.75 Å². The monoisotopic (exact) mass is 558 g/mol. The molecule has 0 radical (unpaired) electrons. The molecule has 0 spiro atoms. The number of ether oxygens (including phenoxy) is 1. The Morgan fingerprint density at radius 2 is 1.90 bits per heavy atom. The van der Waals surface area contributed by atoms with Gasteiger partial charge in [0, 0.05) is 24.1 Å². The molecule has 1 aliphatic rings. The molecule has 1 amide bonds. The van der Waals surface area contributed by atoms with Crippen molar-refractivity contribution in [3.8, 4) is 5.75 Å². The first-order chi connectivity index (χ1) is 19.2. The van der Waals surface area contributed by atoms with Gasteiger partial charge in [0.05, 0.1) is 12.8 Å². The van der Waals surface area contributed by atoms with Gasteiger partial charge < -0.3 is 25.6 Å². The third kappa shape index (κ3) is 7.26. The van der Waals surface area contributed by atoms with Gasteiger partial charge in [0.15, 0.2) is 0 Å². The van der Waals surface area contributed by atoms with Crippen molar-refractivity contribution in [2.45, 2.75) is 24.9 Å². The normalized spacial score (nSPS) is 14.4. The molecule has 0 atom stereocenters. The van der Waals surface area contributed by atoms with Gasteiger partial charge >= 0.3 is 6.18 Å². The molecule has 40 heavy (non-hydrogen) atoms. The van der Waals surface area contributed by atoms with Gasteiger partial charge in [-0.15, -0.1) is 0 Å². The molecule has 1 aliphatic heterocycles. The average molecular weight is 559 g/mol. The number of amides is 1. The molecular formula is C28H30F4N6O2. The number of carbonyl (C=O) groups is 1. The Hall–Kier alpha value is -4.19. The Morgan fingerprint density at radius 3 is 2.58 bits per heavy atom. The van der Waals surface area contributed by atoms with E-state index in [1.165, 1.54) is 13.2 Å². The van der Waals surface area contributed by atoms with E-state index in [2.05, 4.69) is 37.4 Å². The smallest absolute Gasteiger partial charge is 0.421 e. The van der Waals surface area contributed by atoms with Crippen LogP contribution in [0.2, 0.25) is 0 Å². The maximum absolute atomic E-state index is 13.8. The highest BCUT2D eigenvalue weighted by Crippen LogP contribution is 2.37.